The van der Waals surface area contributed by atoms with Gasteiger partial charge in [0.15, 0.2) is 0 Å². The molecule has 5 nitrogen and oxygen atoms in total. The third-order valence-corrected chi connectivity index (χ3v) is 6.14. The van der Waals surface area contributed by atoms with Crippen molar-refractivity contribution in [2.75, 3.05) is 5.32 Å². The van der Waals surface area contributed by atoms with Crippen molar-refractivity contribution >= 4 is 23.2 Å². The van der Waals surface area contributed by atoms with E-state index in [1.54, 1.807) is 6.33 Å². The minimum Gasteiger partial charge on any atom is -0.480 e. The van der Waals surface area contributed by atoms with Crippen molar-refractivity contribution < 1.29 is 4.74 Å². The maximum Gasteiger partial charge on any atom is 0.226 e. The fraction of sp³-hybridized carbons (Fsp3) is 0.120. The van der Waals surface area contributed by atoms with Crippen LogP contribution in [0.1, 0.15) is 34.4 Å². The van der Waals surface area contributed by atoms with Gasteiger partial charge in [-0.3, -0.25) is 0 Å². The highest BCUT2D eigenvalue weighted by Crippen LogP contribution is 2.50. The number of ether oxygens (including phenoxy) is 1. The van der Waals surface area contributed by atoms with Crippen LogP contribution in [0, 0.1) is 6.92 Å². The highest BCUT2D eigenvalue weighted by Gasteiger charge is 2.40. The van der Waals surface area contributed by atoms with E-state index < -0.39 is 0 Å². The van der Waals surface area contributed by atoms with Gasteiger partial charge in [-0.05, 0) is 42.3 Å². The maximum absolute atomic E-state index is 6.59. The van der Waals surface area contributed by atoms with Crippen LogP contribution < -0.4 is 10.1 Å². The number of benzene rings is 3. The number of aromatic nitrogens is 3. The molecule has 0 saturated carbocycles. The van der Waals surface area contributed by atoms with Crippen molar-refractivity contribution in [1.29, 1.82) is 0 Å². The molecule has 0 radical (unpaired) electrons. The molecule has 0 fully saturated rings. The lowest BCUT2D eigenvalue weighted by molar-refractivity contribution is 0.223. The van der Waals surface area contributed by atoms with Gasteiger partial charge in [0.2, 0.25) is 5.95 Å². The molecule has 3 aromatic carbocycles. The second-order valence-corrected chi connectivity index (χ2v) is 8.28. The summed E-state index contributed by atoms with van der Waals surface area (Å²) in [6, 6.07) is 24.4. The largest absolute Gasteiger partial charge is 0.480 e. The smallest absolute Gasteiger partial charge is 0.226 e. The van der Waals surface area contributed by atoms with E-state index in [1.165, 1.54) is 5.56 Å². The van der Waals surface area contributed by atoms with Crippen LogP contribution in [-0.4, -0.2) is 14.8 Å². The van der Waals surface area contributed by atoms with Gasteiger partial charge in [-0.25, -0.2) is 4.68 Å². The second-order valence-electron chi connectivity index (χ2n) is 7.84. The Hall–Kier alpha value is -3.57. The van der Waals surface area contributed by atoms with Crippen molar-refractivity contribution in [2.24, 2.45) is 0 Å². The van der Waals surface area contributed by atoms with E-state index in [4.69, 9.17) is 16.3 Å². The quantitative estimate of drug-likeness (QED) is 0.440. The molecule has 0 saturated heterocycles. The Kier molecular flexibility index (Phi) is 4.11. The zero-order chi connectivity index (χ0) is 20.9. The molecule has 2 aliphatic rings. The Morgan fingerprint density at radius 3 is 2.48 bits per heavy atom. The molecule has 31 heavy (non-hydrogen) atoms. The molecule has 0 amide bonds. The average Bonchev–Trinajstić information content (AvgIpc) is 3.27. The molecule has 0 unspecified atom stereocenters. The summed E-state index contributed by atoms with van der Waals surface area (Å²) in [4.78, 5) is 4.47. The first-order chi connectivity index (χ1) is 15.2. The lowest BCUT2D eigenvalue weighted by Gasteiger charge is -2.39. The summed E-state index contributed by atoms with van der Waals surface area (Å²) in [5, 5.41) is 8.78. The van der Waals surface area contributed by atoms with Crippen LogP contribution in [-0.2, 0) is 0 Å². The Balaban J connectivity index is 1.62. The topological polar surface area (TPSA) is 52.0 Å². The summed E-state index contributed by atoms with van der Waals surface area (Å²) in [5.41, 5.74) is 6.53. The normalized spacial score (nSPS) is 19.0. The molecule has 0 aliphatic carbocycles. The fourth-order valence-electron chi connectivity index (χ4n) is 4.40. The number of para-hydroxylation sites is 1. The Labute approximate surface area is 185 Å². The first-order valence-electron chi connectivity index (χ1n) is 10.2. The van der Waals surface area contributed by atoms with Crippen LogP contribution in [0.5, 0.6) is 5.75 Å². The molecule has 0 spiro atoms. The lowest BCUT2D eigenvalue weighted by Crippen LogP contribution is -2.32. The van der Waals surface area contributed by atoms with Crippen LogP contribution in [0.15, 0.2) is 84.7 Å². The molecule has 1 N–H and O–H groups in total. The Morgan fingerprint density at radius 2 is 1.68 bits per heavy atom. The third kappa shape index (κ3) is 2.93. The van der Waals surface area contributed by atoms with E-state index in [1.807, 2.05) is 47.1 Å². The number of hydrogen-bond donors (Lipinski definition) is 1. The van der Waals surface area contributed by atoms with Gasteiger partial charge in [0.25, 0.3) is 0 Å². The standard InChI is InChI=1S/C25H19ClN4O/c1-15-6-8-16(9-7-15)23-21-22(29-25-27-14-28-30(23)25)19-4-2-3-5-20(19)31-24(21)17-10-12-18(26)13-11-17/h2-14,23-24H,1H3,(H,27,28,29)/t23-,24+/m0/s1. The number of halogens is 1. The van der Waals surface area contributed by atoms with Gasteiger partial charge >= 0.3 is 0 Å². The minimum absolute atomic E-state index is 0.150. The molecule has 6 heteroatoms. The van der Waals surface area contributed by atoms with E-state index in [2.05, 4.69) is 52.7 Å². The number of rotatable bonds is 2. The molecule has 3 heterocycles. The number of hydrogen-bond acceptors (Lipinski definition) is 4. The van der Waals surface area contributed by atoms with Gasteiger partial charge in [0.1, 0.15) is 24.2 Å². The lowest BCUT2D eigenvalue weighted by atomic mass is 9.84. The van der Waals surface area contributed by atoms with Gasteiger partial charge in [-0.15, -0.1) is 0 Å². The SMILES string of the molecule is Cc1ccc([C@H]2C3=C(Nc4ncnn42)c2ccccc2O[C@@H]3c2ccc(Cl)cc2)cc1. The molecule has 6 rings (SSSR count). The van der Waals surface area contributed by atoms with Gasteiger partial charge in [0, 0.05) is 16.2 Å². The van der Waals surface area contributed by atoms with Gasteiger partial charge < -0.3 is 10.1 Å². The van der Waals surface area contributed by atoms with Crippen LogP contribution in [0.3, 0.4) is 0 Å². The zero-order valence-electron chi connectivity index (χ0n) is 16.8. The summed E-state index contributed by atoms with van der Waals surface area (Å²) in [6.07, 6.45) is 1.30. The molecule has 1 aromatic heterocycles. The van der Waals surface area contributed by atoms with Crippen LogP contribution in [0.25, 0.3) is 5.70 Å². The number of nitrogens with one attached hydrogen (secondary N) is 1. The highest BCUT2D eigenvalue weighted by molar-refractivity contribution is 6.30. The first-order valence-corrected chi connectivity index (χ1v) is 10.6. The molecule has 152 valence electrons. The molecular formula is C25H19ClN4O. The van der Waals surface area contributed by atoms with Crippen molar-refractivity contribution in [1.82, 2.24) is 14.8 Å². The van der Waals surface area contributed by atoms with E-state index in [0.717, 1.165) is 39.7 Å². The van der Waals surface area contributed by atoms with Crippen LogP contribution in [0.4, 0.5) is 5.95 Å². The van der Waals surface area contributed by atoms with E-state index in [0.29, 0.717) is 5.02 Å². The van der Waals surface area contributed by atoms with Crippen molar-refractivity contribution in [3.63, 3.8) is 0 Å². The molecular weight excluding hydrogens is 408 g/mol. The van der Waals surface area contributed by atoms with Gasteiger partial charge in [-0.2, -0.15) is 10.1 Å². The average molecular weight is 427 g/mol. The zero-order valence-corrected chi connectivity index (χ0v) is 17.5. The summed E-state index contributed by atoms with van der Waals surface area (Å²) in [5.74, 6) is 1.56. The number of aryl methyl sites for hydroxylation is 1. The van der Waals surface area contributed by atoms with Crippen molar-refractivity contribution in [3.05, 3.63) is 112 Å². The predicted octanol–water partition coefficient (Wildman–Crippen LogP) is 5.80. The predicted molar refractivity (Wildman–Crippen MR) is 121 cm³/mol. The fourth-order valence-corrected chi connectivity index (χ4v) is 4.53. The van der Waals surface area contributed by atoms with Gasteiger partial charge in [-0.1, -0.05) is 65.7 Å². The first kappa shape index (κ1) is 18.2. The summed E-state index contributed by atoms with van der Waals surface area (Å²) < 4.78 is 8.53. The van der Waals surface area contributed by atoms with Gasteiger partial charge in [0.05, 0.1) is 5.70 Å². The molecule has 2 atom stereocenters. The molecule has 0 bridgehead atoms. The number of anilines is 1. The van der Waals surface area contributed by atoms with Crippen molar-refractivity contribution in [2.45, 2.75) is 19.1 Å². The van der Waals surface area contributed by atoms with E-state index in [9.17, 15) is 0 Å². The number of nitrogens with zero attached hydrogens (tertiary/aromatic N) is 3. The monoisotopic (exact) mass is 426 g/mol. The van der Waals surface area contributed by atoms with Crippen LogP contribution in [0.2, 0.25) is 5.02 Å². The summed E-state index contributed by atoms with van der Waals surface area (Å²) in [7, 11) is 0. The Morgan fingerprint density at radius 1 is 0.935 bits per heavy atom. The number of fused-ring (bicyclic) bond motifs is 3. The van der Waals surface area contributed by atoms with E-state index in [-0.39, 0.29) is 12.1 Å². The summed E-state index contributed by atoms with van der Waals surface area (Å²) >= 11 is 6.17. The molecule has 4 aromatic rings. The molecule has 2 aliphatic heterocycles. The third-order valence-electron chi connectivity index (χ3n) is 5.89. The second kappa shape index (κ2) is 7.00. The highest BCUT2D eigenvalue weighted by atomic mass is 35.5. The maximum atomic E-state index is 6.59. The van der Waals surface area contributed by atoms with Crippen LogP contribution >= 0.6 is 11.6 Å². The Bertz CT molecular complexity index is 1310. The van der Waals surface area contributed by atoms with E-state index >= 15 is 0 Å². The summed E-state index contributed by atoms with van der Waals surface area (Å²) in [6.45, 7) is 2.09. The van der Waals surface area contributed by atoms with Crippen molar-refractivity contribution in [3.8, 4) is 5.75 Å². The minimum atomic E-state index is -0.293.